The van der Waals surface area contributed by atoms with E-state index in [1.807, 2.05) is 25.1 Å². The minimum Gasteiger partial charge on any atom is -0.474 e. The van der Waals surface area contributed by atoms with Gasteiger partial charge in [-0.15, -0.1) is 0 Å². The van der Waals surface area contributed by atoms with Crippen molar-refractivity contribution in [3.05, 3.63) is 29.3 Å². The Morgan fingerprint density at radius 3 is 2.71 bits per heavy atom. The number of Topliss-reactive ketones (excluding diaryl/α,β-unsaturated/α-hetero) is 1. The molecule has 2 rings (SSSR count). The SMILES string of the molecule is CCP(CC)Oc1cccc2c1CC(C)C2=O. The van der Waals surface area contributed by atoms with Gasteiger partial charge >= 0.3 is 0 Å². The molecule has 0 fully saturated rings. The standard InChI is InChI=1S/C14H19O2P/c1-4-17(5-2)16-13-8-6-7-11-12(13)9-10(3)14(11)15/h6-8,10H,4-5,9H2,1-3H3. The van der Waals surface area contributed by atoms with Gasteiger partial charge in [-0.2, -0.15) is 0 Å². The number of hydrogen-bond donors (Lipinski definition) is 0. The molecule has 1 aliphatic carbocycles. The monoisotopic (exact) mass is 250 g/mol. The second-order valence-corrected chi connectivity index (χ2v) is 6.87. The van der Waals surface area contributed by atoms with Crippen LogP contribution >= 0.6 is 8.15 Å². The second-order valence-electron chi connectivity index (χ2n) is 4.46. The van der Waals surface area contributed by atoms with Crippen LogP contribution in [-0.2, 0) is 6.42 Å². The van der Waals surface area contributed by atoms with E-state index in [0.29, 0.717) is 0 Å². The fourth-order valence-corrected chi connectivity index (χ4v) is 3.40. The third-order valence-electron chi connectivity index (χ3n) is 3.29. The fourth-order valence-electron chi connectivity index (χ4n) is 2.25. The lowest BCUT2D eigenvalue weighted by molar-refractivity contribution is 0.0946. The van der Waals surface area contributed by atoms with E-state index >= 15 is 0 Å². The van der Waals surface area contributed by atoms with Gasteiger partial charge in [-0.3, -0.25) is 4.79 Å². The number of ketones is 1. The molecule has 2 nitrogen and oxygen atoms in total. The number of benzene rings is 1. The molecule has 3 heteroatoms. The van der Waals surface area contributed by atoms with Crippen molar-refractivity contribution in [1.29, 1.82) is 0 Å². The molecular weight excluding hydrogens is 231 g/mol. The predicted molar refractivity (Wildman–Crippen MR) is 72.3 cm³/mol. The van der Waals surface area contributed by atoms with Gasteiger partial charge in [0, 0.05) is 29.4 Å². The van der Waals surface area contributed by atoms with Crippen LogP contribution in [0.2, 0.25) is 0 Å². The van der Waals surface area contributed by atoms with Crippen molar-refractivity contribution in [2.24, 2.45) is 5.92 Å². The minimum atomic E-state index is -0.379. The van der Waals surface area contributed by atoms with Crippen LogP contribution < -0.4 is 4.52 Å². The molecule has 1 atom stereocenters. The number of carbonyl (C=O) groups is 1. The van der Waals surface area contributed by atoms with E-state index in [2.05, 4.69) is 13.8 Å². The van der Waals surface area contributed by atoms with Crippen molar-refractivity contribution in [2.75, 3.05) is 12.3 Å². The summed E-state index contributed by atoms with van der Waals surface area (Å²) in [6, 6.07) is 5.86. The van der Waals surface area contributed by atoms with Crippen LogP contribution in [0.25, 0.3) is 0 Å². The van der Waals surface area contributed by atoms with E-state index in [-0.39, 0.29) is 19.8 Å². The number of rotatable bonds is 4. The molecule has 0 aromatic heterocycles. The Morgan fingerprint density at radius 1 is 1.35 bits per heavy atom. The summed E-state index contributed by atoms with van der Waals surface area (Å²) in [5.41, 5.74) is 2.00. The topological polar surface area (TPSA) is 26.3 Å². The van der Waals surface area contributed by atoms with Crippen molar-refractivity contribution in [1.82, 2.24) is 0 Å². The van der Waals surface area contributed by atoms with Gasteiger partial charge in [0.15, 0.2) is 5.78 Å². The normalized spacial score (nSPS) is 18.6. The molecule has 0 saturated carbocycles. The third kappa shape index (κ3) is 2.37. The smallest absolute Gasteiger partial charge is 0.166 e. The van der Waals surface area contributed by atoms with Gasteiger partial charge in [-0.25, -0.2) is 0 Å². The Balaban J connectivity index is 2.29. The van der Waals surface area contributed by atoms with E-state index in [9.17, 15) is 4.79 Å². The number of carbonyl (C=O) groups excluding carboxylic acids is 1. The summed E-state index contributed by atoms with van der Waals surface area (Å²) in [6.45, 7) is 6.31. The number of fused-ring (bicyclic) bond motifs is 1. The molecule has 0 N–H and O–H groups in total. The van der Waals surface area contributed by atoms with Crippen molar-refractivity contribution >= 4 is 13.9 Å². The summed E-state index contributed by atoms with van der Waals surface area (Å²) in [7, 11) is -0.379. The second kappa shape index (κ2) is 5.18. The van der Waals surface area contributed by atoms with Crippen LogP contribution in [0.1, 0.15) is 36.7 Å². The van der Waals surface area contributed by atoms with Gasteiger partial charge in [0.1, 0.15) is 5.75 Å². The summed E-state index contributed by atoms with van der Waals surface area (Å²) in [5, 5.41) is 0. The highest BCUT2D eigenvalue weighted by molar-refractivity contribution is 7.52. The minimum absolute atomic E-state index is 0.115. The van der Waals surface area contributed by atoms with Crippen LogP contribution in [0.3, 0.4) is 0 Å². The van der Waals surface area contributed by atoms with Crippen LogP contribution in [-0.4, -0.2) is 18.1 Å². The first-order valence-corrected chi connectivity index (χ1v) is 7.89. The van der Waals surface area contributed by atoms with E-state index in [1.54, 1.807) is 0 Å². The zero-order valence-corrected chi connectivity index (χ0v) is 11.6. The summed E-state index contributed by atoms with van der Waals surface area (Å²) in [4.78, 5) is 11.9. The Hall–Kier alpha value is -0.880. The molecule has 17 heavy (non-hydrogen) atoms. The average molecular weight is 250 g/mol. The van der Waals surface area contributed by atoms with Crippen LogP contribution in [0.15, 0.2) is 18.2 Å². The molecule has 0 radical (unpaired) electrons. The lowest BCUT2D eigenvalue weighted by atomic mass is 10.1. The maximum absolute atomic E-state index is 11.9. The third-order valence-corrected chi connectivity index (χ3v) is 5.15. The Bertz CT molecular complexity index is 424. The molecule has 1 aromatic rings. The summed E-state index contributed by atoms with van der Waals surface area (Å²) < 4.78 is 6.06. The van der Waals surface area contributed by atoms with Crippen LogP contribution in [0, 0.1) is 5.92 Å². The van der Waals surface area contributed by atoms with E-state index in [1.165, 1.54) is 0 Å². The molecule has 92 valence electrons. The molecule has 0 amide bonds. The average Bonchev–Trinajstić information content (AvgIpc) is 2.64. The first-order valence-electron chi connectivity index (χ1n) is 6.26. The Morgan fingerprint density at radius 2 is 2.06 bits per heavy atom. The highest BCUT2D eigenvalue weighted by Crippen LogP contribution is 2.42. The summed E-state index contributed by atoms with van der Waals surface area (Å²) in [6.07, 6.45) is 2.97. The van der Waals surface area contributed by atoms with E-state index < -0.39 is 0 Å². The lowest BCUT2D eigenvalue weighted by Crippen LogP contribution is -2.02. The molecule has 0 bridgehead atoms. The maximum atomic E-state index is 11.9. The van der Waals surface area contributed by atoms with Gasteiger partial charge in [0.25, 0.3) is 0 Å². The molecule has 0 aliphatic heterocycles. The van der Waals surface area contributed by atoms with Gasteiger partial charge in [0.2, 0.25) is 0 Å². The molecule has 1 unspecified atom stereocenters. The summed E-state index contributed by atoms with van der Waals surface area (Å²) in [5.74, 6) is 1.32. The van der Waals surface area contributed by atoms with Crippen LogP contribution in [0.5, 0.6) is 5.75 Å². The van der Waals surface area contributed by atoms with Gasteiger partial charge in [-0.1, -0.05) is 32.9 Å². The Kier molecular flexibility index (Phi) is 3.83. The largest absolute Gasteiger partial charge is 0.474 e. The molecule has 1 aliphatic rings. The molecule has 0 saturated heterocycles. The highest BCUT2D eigenvalue weighted by atomic mass is 31.1. The van der Waals surface area contributed by atoms with Crippen molar-refractivity contribution in [2.45, 2.75) is 27.2 Å². The summed E-state index contributed by atoms with van der Waals surface area (Å²) >= 11 is 0. The molecule has 0 spiro atoms. The van der Waals surface area contributed by atoms with Crippen molar-refractivity contribution < 1.29 is 9.32 Å². The lowest BCUT2D eigenvalue weighted by Gasteiger charge is -2.17. The zero-order chi connectivity index (χ0) is 12.4. The first-order chi connectivity index (χ1) is 8.17. The maximum Gasteiger partial charge on any atom is 0.166 e. The van der Waals surface area contributed by atoms with Gasteiger partial charge in [-0.05, 0) is 12.5 Å². The first kappa shape index (κ1) is 12.6. The fraction of sp³-hybridized carbons (Fsp3) is 0.500. The van der Waals surface area contributed by atoms with Gasteiger partial charge < -0.3 is 4.52 Å². The molecular formula is C14H19O2P. The van der Waals surface area contributed by atoms with Crippen molar-refractivity contribution in [3.63, 3.8) is 0 Å². The van der Waals surface area contributed by atoms with E-state index in [4.69, 9.17) is 4.52 Å². The highest BCUT2D eigenvalue weighted by Gasteiger charge is 2.29. The quantitative estimate of drug-likeness (QED) is 0.758. The number of hydrogen-bond acceptors (Lipinski definition) is 2. The molecule has 0 heterocycles. The van der Waals surface area contributed by atoms with Gasteiger partial charge in [0.05, 0.1) is 8.15 Å². The predicted octanol–water partition coefficient (Wildman–Crippen LogP) is 3.88. The van der Waals surface area contributed by atoms with E-state index in [0.717, 1.165) is 35.6 Å². The Labute approximate surface area is 104 Å². The molecule has 1 aromatic carbocycles. The van der Waals surface area contributed by atoms with Crippen LogP contribution in [0.4, 0.5) is 0 Å². The zero-order valence-electron chi connectivity index (χ0n) is 10.7. The van der Waals surface area contributed by atoms with Crippen molar-refractivity contribution in [3.8, 4) is 5.75 Å².